The molecule has 0 aliphatic heterocycles. The van der Waals surface area contributed by atoms with Crippen LogP contribution >= 0.6 is 11.6 Å². The molecule has 2 heterocycles. The summed E-state index contributed by atoms with van der Waals surface area (Å²) in [4.78, 5) is 12.7. The Hall–Kier alpha value is -2.71. The molecular weight excluding hydrogens is 375 g/mol. The van der Waals surface area contributed by atoms with E-state index in [1.54, 1.807) is 31.8 Å². The third kappa shape index (κ3) is 3.72. The molecule has 2 N–H and O–H groups in total. The number of carbonyl (C=O) groups excluding carboxylic acids is 1. The van der Waals surface area contributed by atoms with Crippen LogP contribution in [-0.2, 0) is 12.6 Å². The number of aromatic nitrogens is 3. The second-order valence-electron chi connectivity index (χ2n) is 6.42. The molecule has 1 amide bonds. The van der Waals surface area contributed by atoms with Gasteiger partial charge < -0.3 is 14.9 Å². The number of hydrogen-bond acceptors (Lipinski definition) is 5. The predicted octanol–water partition coefficient (Wildman–Crippen LogP) is 2.81. The fourth-order valence-corrected chi connectivity index (χ4v) is 2.93. The highest BCUT2D eigenvalue weighted by Crippen LogP contribution is 2.33. The summed E-state index contributed by atoms with van der Waals surface area (Å²) < 4.78 is 20.9. The van der Waals surface area contributed by atoms with Gasteiger partial charge >= 0.3 is 0 Å². The maximum absolute atomic E-state index is 14.2. The molecule has 3 aromatic rings. The third-order valence-electron chi connectivity index (χ3n) is 4.21. The van der Waals surface area contributed by atoms with Gasteiger partial charge in [0.15, 0.2) is 0 Å². The highest BCUT2D eigenvalue weighted by Gasteiger charge is 2.29. The highest BCUT2D eigenvalue weighted by molar-refractivity contribution is 6.33. The molecule has 7 nitrogen and oxygen atoms in total. The van der Waals surface area contributed by atoms with Crippen LogP contribution in [0.1, 0.15) is 28.6 Å². The Balaban J connectivity index is 1.87. The summed E-state index contributed by atoms with van der Waals surface area (Å²) in [6.45, 7) is 3.01. The fourth-order valence-electron chi connectivity index (χ4n) is 2.68. The van der Waals surface area contributed by atoms with Crippen LogP contribution < -0.4 is 5.32 Å². The Morgan fingerprint density at radius 1 is 1.48 bits per heavy atom. The summed E-state index contributed by atoms with van der Waals surface area (Å²) in [5.41, 5.74) is -0.742. The van der Waals surface area contributed by atoms with Gasteiger partial charge in [0.05, 0.1) is 23.3 Å². The second kappa shape index (κ2) is 7.13. The molecule has 0 fully saturated rings. The number of rotatable bonds is 5. The molecule has 0 unspecified atom stereocenters. The molecule has 1 atom stereocenters. The predicted molar refractivity (Wildman–Crippen MR) is 96.8 cm³/mol. The monoisotopic (exact) mass is 392 g/mol. The summed E-state index contributed by atoms with van der Waals surface area (Å²) in [7, 11) is 1.73. The average Bonchev–Trinajstić information content (AvgIpc) is 3.19. The smallest absolute Gasteiger partial charge is 0.257 e. The van der Waals surface area contributed by atoms with Crippen molar-refractivity contribution in [3.05, 3.63) is 58.3 Å². The number of benzene rings is 1. The largest absolute Gasteiger partial charge is 0.383 e. The van der Waals surface area contributed by atoms with Gasteiger partial charge in [0.25, 0.3) is 5.91 Å². The molecule has 3 rings (SSSR count). The summed E-state index contributed by atoms with van der Waals surface area (Å²) in [6, 6.07) is 4.18. The van der Waals surface area contributed by atoms with Gasteiger partial charge in [0, 0.05) is 18.8 Å². The minimum atomic E-state index is -1.34. The van der Waals surface area contributed by atoms with Crippen molar-refractivity contribution in [2.45, 2.75) is 19.4 Å². The van der Waals surface area contributed by atoms with Crippen molar-refractivity contribution in [1.29, 1.82) is 0 Å². The number of nitrogens with zero attached hydrogens (tertiary/aromatic N) is 3. The number of aliphatic hydroxyl groups is 1. The van der Waals surface area contributed by atoms with E-state index in [0.29, 0.717) is 5.56 Å². The van der Waals surface area contributed by atoms with Crippen molar-refractivity contribution in [3.63, 3.8) is 0 Å². The zero-order valence-corrected chi connectivity index (χ0v) is 15.7. The van der Waals surface area contributed by atoms with Gasteiger partial charge in [0.2, 0.25) is 0 Å². The first-order valence-electron chi connectivity index (χ1n) is 8.11. The van der Waals surface area contributed by atoms with Crippen LogP contribution in [0.4, 0.5) is 4.39 Å². The van der Waals surface area contributed by atoms with E-state index in [9.17, 15) is 14.3 Å². The molecule has 1 aromatic carbocycles. The Kier molecular flexibility index (Phi) is 5.03. The minimum absolute atomic E-state index is 0.00845. The van der Waals surface area contributed by atoms with Crippen molar-refractivity contribution in [3.8, 4) is 11.3 Å². The van der Waals surface area contributed by atoms with Gasteiger partial charge in [0.1, 0.15) is 28.4 Å². The van der Waals surface area contributed by atoms with Crippen LogP contribution in [-0.4, -0.2) is 32.5 Å². The fraction of sp³-hybridized carbons (Fsp3) is 0.278. The lowest BCUT2D eigenvalue weighted by Gasteiger charge is -2.22. The number of carbonyl (C=O) groups is 1. The second-order valence-corrected chi connectivity index (χ2v) is 6.83. The first kappa shape index (κ1) is 19.1. The third-order valence-corrected chi connectivity index (χ3v) is 4.52. The molecule has 0 radical (unpaired) electrons. The van der Waals surface area contributed by atoms with E-state index < -0.39 is 17.3 Å². The standard InChI is InChI=1S/C18H18ClFN4O3/c1-10-14(16(23-27-10)15-12(19)5-4-6-13(15)20)17(25)21-9-18(2,26)11-7-22-24(3)8-11/h4-8,26H,9H2,1-3H3,(H,21,25)/t18-/m1/s1. The molecule has 0 saturated carbocycles. The van der Waals surface area contributed by atoms with Gasteiger partial charge in [-0.3, -0.25) is 9.48 Å². The van der Waals surface area contributed by atoms with E-state index in [2.05, 4.69) is 15.6 Å². The van der Waals surface area contributed by atoms with Gasteiger partial charge in [-0.2, -0.15) is 5.10 Å². The minimum Gasteiger partial charge on any atom is -0.383 e. The van der Waals surface area contributed by atoms with E-state index in [0.717, 1.165) is 0 Å². The molecule has 27 heavy (non-hydrogen) atoms. The molecular formula is C18H18ClFN4O3. The molecule has 9 heteroatoms. The van der Waals surface area contributed by atoms with E-state index >= 15 is 0 Å². The maximum atomic E-state index is 14.2. The number of amides is 1. The first-order chi connectivity index (χ1) is 12.7. The lowest BCUT2D eigenvalue weighted by Crippen LogP contribution is -2.38. The molecule has 0 aliphatic rings. The van der Waals surface area contributed by atoms with Crippen molar-refractivity contribution < 1.29 is 18.8 Å². The number of nitrogens with one attached hydrogen (secondary N) is 1. The summed E-state index contributed by atoms with van der Waals surface area (Å²) in [5.74, 6) is -0.970. The van der Waals surface area contributed by atoms with E-state index in [1.165, 1.54) is 24.4 Å². The van der Waals surface area contributed by atoms with Crippen LogP contribution in [0, 0.1) is 12.7 Å². The van der Waals surface area contributed by atoms with Crippen molar-refractivity contribution >= 4 is 17.5 Å². The van der Waals surface area contributed by atoms with Gasteiger partial charge in [-0.05, 0) is 26.0 Å². The summed E-state index contributed by atoms with van der Waals surface area (Å²) >= 11 is 6.08. The zero-order valence-electron chi connectivity index (χ0n) is 15.0. The Morgan fingerprint density at radius 2 is 2.22 bits per heavy atom. The Bertz CT molecular complexity index is 976. The summed E-state index contributed by atoms with van der Waals surface area (Å²) in [6.07, 6.45) is 3.17. The highest BCUT2D eigenvalue weighted by atomic mass is 35.5. The first-order valence-corrected chi connectivity index (χ1v) is 8.49. The lowest BCUT2D eigenvalue weighted by molar-refractivity contribution is 0.0525. The van der Waals surface area contributed by atoms with Gasteiger partial charge in [-0.25, -0.2) is 4.39 Å². The molecule has 2 aromatic heterocycles. The van der Waals surface area contributed by atoms with Gasteiger partial charge in [-0.15, -0.1) is 0 Å². The molecule has 0 saturated heterocycles. The quantitative estimate of drug-likeness (QED) is 0.696. The maximum Gasteiger partial charge on any atom is 0.257 e. The molecule has 142 valence electrons. The number of halogens is 2. The molecule has 0 bridgehead atoms. The van der Waals surface area contributed by atoms with Crippen molar-refractivity contribution in [1.82, 2.24) is 20.3 Å². The SMILES string of the molecule is Cc1onc(-c2c(F)cccc2Cl)c1C(=O)NC[C@@](C)(O)c1cnn(C)c1. The number of aryl methyl sites for hydroxylation is 2. The van der Waals surface area contributed by atoms with Crippen LogP contribution in [0.5, 0.6) is 0 Å². The van der Waals surface area contributed by atoms with Crippen LogP contribution in [0.25, 0.3) is 11.3 Å². The van der Waals surface area contributed by atoms with E-state index in [1.807, 2.05) is 0 Å². The average molecular weight is 393 g/mol. The van der Waals surface area contributed by atoms with Crippen molar-refractivity contribution in [2.24, 2.45) is 7.05 Å². The van der Waals surface area contributed by atoms with Crippen LogP contribution in [0.3, 0.4) is 0 Å². The van der Waals surface area contributed by atoms with Crippen molar-refractivity contribution in [2.75, 3.05) is 6.54 Å². The molecule has 0 aliphatic carbocycles. The van der Waals surface area contributed by atoms with Crippen LogP contribution in [0.2, 0.25) is 5.02 Å². The lowest BCUT2D eigenvalue weighted by atomic mass is 9.99. The normalized spacial score (nSPS) is 13.4. The zero-order chi connectivity index (χ0) is 19.8. The number of hydrogen-bond donors (Lipinski definition) is 2. The van der Waals surface area contributed by atoms with E-state index in [-0.39, 0.29) is 34.1 Å². The van der Waals surface area contributed by atoms with Crippen LogP contribution in [0.15, 0.2) is 35.1 Å². The summed E-state index contributed by atoms with van der Waals surface area (Å²) in [5, 5.41) is 21.2. The Labute approximate surface area is 159 Å². The van der Waals surface area contributed by atoms with Gasteiger partial charge in [-0.1, -0.05) is 22.8 Å². The topological polar surface area (TPSA) is 93.2 Å². The van der Waals surface area contributed by atoms with E-state index in [4.69, 9.17) is 16.1 Å². The molecule has 0 spiro atoms. The Morgan fingerprint density at radius 3 is 2.85 bits per heavy atom.